The average Bonchev–Trinajstić information content (AvgIpc) is 3.49. The molecule has 9 heteroatoms. The highest BCUT2D eigenvalue weighted by molar-refractivity contribution is 7.10. The van der Waals surface area contributed by atoms with Crippen LogP contribution in [0.25, 0.3) is 11.0 Å². The lowest BCUT2D eigenvalue weighted by molar-refractivity contribution is -0.127. The fourth-order valence-electron chi connectivity index (χ4n) is 3.57. The molecule has 2 amide bonds. The van der Waals surface area contributed by atoms with Crippen molar-refractivity contribution in [2.75, 3.05) is 25.2 Å². The first-order chi connectivity index (χ1) is 16.1. The maximum atomic E-state index is 13.7. The molecule has 2 aromatic heterocycles. The van der Waals surface area contributed by atoms with Crippen LogP contribution in [0.5, 0.6) is 0 Å². The smallest absolute Gasteiger partial charge is 0.249 e. The van der Waals surface area contributed by atoms with E-state index in [0.717, 1.165) is 16.0 Å². The van der Waals surface area contributed by atoms with E-state index in [1.54, 1.807) is 16.7 Å². The zero-order valence-electron chi connectivity index (χ0n) is 18.5. The van der Waals surface area contributed by atoms with Crippen molar-refractivity contribution >= 4 is 39.9 Å². The van der Waals surface area contributed by atoms with Crippen LogP contribution in [-0.4, -0.2) is 47.1 Å². The van der Waals surface area contributed by atoms with Gasteiger partial charge in [0.15, 0.2) is 0 Å². The second kappa shape index (κ2) is 10.4. The number of thiophene rings is 1. The highest BCUT2D eigenvalue weighted by Crippen LogP contribution is 2.31. The van der Waals surface area contributed by atoms with Gasteiger partial charge in [-0.2, -0.15) is 0 Å². The molecule has 4 aromatic rings. The van der Waals surface area contributed by atoms with E-state index in [2.05, 4.69) is 15.6 Å². The minimum atomic E-state index is -0.827. The molecule has 33 heavy (non-hydrogen) atoms. The van der Waals surface area contributed by atoms with Gasteiger partial charge >= 0.3 is 0 Å². The van der Waals surface area contributed by atoms with E-state index < -0.39 is 6.04 Å². The Balaban J connectivity index is 1.73. The number of rotatable bonds is 9. The molecule has 0 fully saturated rings. The standard InChI is InChI=1S/C24H25N5O3S/c1-17-9-11-18(12-10-17)29(22(30)16-28-20-7-4-3-6-19(20)26-27-28)23(21-8-5-15-33-21)24(31)25-13-14-32-2/h3-12,15,23H,13-14,16H2,1-2H3,(H,25,31)/t23-/m1/s1. The highest BCUT2D eigenvalue weighted by Gasteiger charge is 2.33. The van der Waals surface area contributed by atoms with Crippen LogP contribution in [0.1, 0.15) is 16.5 Å². The normalized spacial score (nSPS) is 11.9. The van der Waals surface area contributed by atoms with Crippen LogP contribution in [0.4, 0.5) is 5.69 Å². The van der Waals surface area contributed by atoms with Crippen molar-refractivity contribution in [3.8, 4) is 0 Å². The van der Waals surface area contributed by atoms with Gasteiger partial charge in [-0.25, -0.2) is 4.68 Å². The van der Waals surface area contributed by atoms with Crippen LogP contribution in [-0.2, 0) is 20.9 Å². The predicted octanol–water partition coefficient (Wildman–Crippen LogP) is 3.34. The summed E-state index contributed by atoms with van der Waals surface area (Å²) in [6.45, 7) is 2.65. The van der Waals surface area contributed by atoms with Gasteiger partial charge in [-0.1, -0.05) is 41.1 Å². The number of aryl methyl sites for hydroxylation is 1. The Morgan fingerprint density at radius 1 is 1.12 bits per heavy atom. The molecule has 2 heterocycles. The van der Waals surface area contributed by atoms with Gasteiger partial charge in [0.1, 0.15) is 18.1 Å². The summed E-state index contributed by atoms with van der Waals surface area (Å²) in [6.07, 6.45) is 0. The van der Waals surface area contributed by atoms with Crippen LogP contribution < -0.4 is 10.2 Å². The summed E-state index contributed by atoms with van der Waals surface area (Å²) >= 11 is 1.43. The van der Waals surface area contributed by atoms with Crippen molar-refractivity contribution in [2.24, 2.45) is 0 Å². The van der Waals surface area contributed by atoms with Crippen molar-refractivity contribution in [1.82, 2.24) is 20.3 Å². The molecule has 0 aliphatic carbocycles. The second-order valence-corrected chi connectivity index (χ2v) is 8.52. The van der Waals surface area contributed by atoms with E-state index in [0.29, 0.717) is 24.4 Å². The number of amides is 2. The molecule has 0 aliphatic rings. The number of methoxy groups -OCH3 is 1. The van der Waals surface area contributed by atoms with Crippen molar-refractivity contribution < 1.29 is 14.3 Å². The van der Waals surface area contributed by atoms with Crippen LogP contribution in [0.3, 0.4) is 0 Å². The van der Waals surface area contributed by atoms with Gasteiger partial charge in [0.2, 0.25) is 11.8 Å². The van der Waals surface area contributed by atoms with Crippen LogP contribution in [0.2, 0.25) is 0 Å². The Labute approximate surface area is 195 Å². The van der Waals surface area contributed by atoms with Gasteiger partial charge in [-0.05, 0) is 42.6 Å². The Morgan fingerprint density at radius 3 is 2.64 bits per heavy atom. The number of nitrogens with one attached hydrogen (secondary N) is 1. The number of fused-ring (bicyclic) bond motifs is 1. The van der Waals surface area contributed by atoms with Gasteiger partial charge in [-0.15, -0.1) is 16.4 Å². The third-order valence-electron chi connectivity index (χ3n) is 5.21. The average molecular weight is 464 g/mol. The zero-order valence-corrected chi connectivity index (χ0v) is 19.3. The van der Waals surface area contributed by atoms with Crippen LogP contribution >= 0.6 is 11.3 Å². The Kier molecular flexibility index (Phi) is 7.11. The molecule has 8 nitrogen and oxygen atoms in total. The quantitative estimate of drug-likeness (QED) is 0.385. The fourth-order valence-corrected chi connectivity index (χ4v) is 4.39. The Morgan fingerprint density at radius 2 is 1.91 bits per heavy atom. The molecule has 1 N–H and O–H groups in total. The lowest BCUT2D eigenvalue weighted by Gasteiger charge is -2.30. The van der Waals surface area contributed by atoms with Gasteiger partial charge in [0, 0.05) is 24.2 Å². The van der Waals surface area contributed by atoms with Crippen LogP contribution in [0.15, 0.2) is 66.0 Å². The lowest BCUT2D eigenvalue weighted by atomic mass is 10.1. The summed E-state index contributed by atoms with van der Waals surface area (Å²) in [5.41, 5.74) is 3.16. The highest BCUT2D eigenvalue weighted by atomic mass is 32.1. The fraction of sp³-hybridized carbons (Fsp3) is 0.250. The summed E-state index contributed by atoms with van der Waals surface area (Å²) in [5, 5.41) is 13.1. The molecule has 170 valence electrons. The van der Waals surface area contributed by atoms with Crippen molar-refractivity contribution in [2.45, 2.75) is 19.5 Å². The van der Waals surface area contributed by atoms with Gasteiger partial charge in [0.05, 0.1) is 12.1 Å². The minimum Gasteiger partial charge on any atom is -0.383 e. The van der Waals surface area contributed by atoms with Gasteiger partial charge in [-0.3, -0.25) is 14.5 Å². The first-order valence-corrected chi connectivity index (χ1v) is 11.4. The SMILES string of the molecule is COCCNC(=O)[C@@H](c1cccs1)N(C(=O)Cn1nnc2ccccc21)c1ccc(C)cc1. The first kappa shape index (κ1) is 22.6. The first-order valence-electron chi connectivity index (χ1n) is 10.6. The molecule has 0 saturated heterocycles. The molecule has 0 bridgehead atoms. The number of ether oxygens (including phenoxy) is 1. The van der Waals surface area contributed by atoms with Gasteiger partial charge in [0.25, 0.3) is 0 Å². The summed E-state index contributed by atoms with van der Waals surface area (Å²) in [6, 6.07) is 17.9. The lowest BCUT2D eigenvalue weighted by Crippen LogP contribution is -2.45. The third-order valence-corrected chi connectivity index (χ3v) is 6.14. The number of para-hydroxylation sites is 1. The molecular weight excluding hydrogens is 438 g/mol. The van der Waals surface area contributed by atoms with Crippen molar-refractivity contribution in [1.29, 1.82) is 0 Å². The zero-order chi connectivity index (χ0) is 23.2. The number of carbonyl (C=O) groups is 2. The van der Waals surface area contributed by atoms with E-state index in [1.165, 1.54) is 11.3 Å². The largest absolute Gasteiger partial charge is 0.383 e. The Bertz CT molecular complexity index is 1220. The maximum Gasteiger partial charge on any atom is 0.249 e. The van der Waals surface area contributed by atoms with E-state index in [9.17, 15) is 9.59 Å². The summed E-state index contributed by atoms with van der Waals surface area (Å²) < 4.78 is 6.63. The summed E-state index contributed by atoms with van der Waals surface area (Å²) in [5.74, 6) is -0.540. The summed E-state index contributed by atoms with van der Waals surface area (Å²) in [7, 11) is 1.58. The molecule has 0 saturated carbocycles. The topological polar surface area (TPSA) is 89.4 Å². The van der Waals surface area contributed by atoms with Crippen LogP contribution in [0, 0.1) is 6.92 Å². The number of nitrogens with zero attached hydrogens (tertiary/aromatic N) is 4. The maximum absolute atomic E-state index is 13.7. The number of carbonyl (C=O) groups excluding carboxylic acids is 2. The van der Waals surface area contributed by atoms with Crippen molar-refractivity contribution in [3.05, 3.63) is 76.5 Å². The predicted molar refractivity (Wildman–Crippen MR) is 128 cm³/mol. The molecule has 1 atom stereocenters. The van der Waals surface area contributed by atoms with Crippen molar-refractivity contribution in [3.63, 3.8) is 0 Å². The van der Waals surface area contributed by atoms with E-state index in [1.807, 2.05) is 73.0 Å². The molecular formula is C24H25N5O3S. The molecule has 0 aliphatic heterocycles. The second-order valence-electron chi connectivity index (χ2n) is 7.54. The monoisotopic (exact) mass is 463 g/mol. The molecule has 0 unspecified atom stereocenters. The number of hydrogen-bond acceptors (Lipinski definition) is 6. The van der Waals surface area contributed by atoms with E-state index in [4.69, 9.17) is 4.74 Å². The molecule has 2 aromatic carbocycles. The summed E-state index contributed by atoms with van der Waals surface area (Å²) in [4.78, 5) is 29.4. The number of hydrogen-bond donors (Lipinski definition) is 1. The third kappa shape index (κ3) is 5.10. The minimum absolute atomic E-state index is 0.0540. The number of anilines is 1. The van der Waals surface area contributed by atoms with Gasteiger partial charge < -0.3 is 10.1 Å². The molecule has 0 radical (unpaired) electrons. The number of aromatic nitrogens is 3. The van der Waals surface area contributed by atoms with E-state index >= 15 is 0 Å². The Hall–Kier alpha value is -3.56. The number of benzene rings is 2. The molecule has 4 rings (SSSR count). The molecule has 0 spiro atoms. The van der Waals surface area contributed by atoms with E-state index in [-0.39, 0.29) is 18.4 Å².